The zero-order chi connectivity index (χ0) is 20.6. The Labute approximate surface area is 163 Å². The van der Waals surface area contributed by atoms with Crippen LogP contribution in [0.1, 0.15) is 46.6 Å². The number of carbonyl (C=O) groups is 2. The second kappa shape index (κ2) is 10.2. The number of alkyl carbamates (subject to hydrolysis) is 1. The first-order valence-corrected chi connectivity index (χ1v) is 9.44. The number of benzene rings is 1. The van der Waals surface area contributed by atoms with E-state index in [1.165, 1.54) is 0 Å². The monoisotopic (exact) mass is 378 g/mol. The highest BCUT2D eigenvalue weighted by Crippen LogP contribution is 2.15. The van der Waals surface area contributed by atoms with Crippen LogP contribution in [0.2, 0.25) is 0 Å². The SMILES string of the molecule is CCC(C)C(NC(=O)OC(C)(C)C)C(=O)N(C)CCc1ccc(OC)cc1. The normalized spacial score (nSPS) is 13.4. The average molecular weight is 379 g/mol. The second-order valence-corrected chi connectivity index (χ2v) is 7.87. The number of ether oxygens (including phenoxy) is 2. The molecule has 6 heteroatoms. The van der Waals surface area contributed by atoms with Gasteiger partial charge in [0.15, 0.2) is 0 Å². The van der Waals surface area contributed by atoms with Crippen LogP contribution in [0.25, 0.3) is 0 Å². The summed E-state index contributed by atoms with van der Waals surface area (Å²) in [5, 5.41) is 2.75. The van der Waals surface area contributed by atoms with Crippen LogP contribution in [0.15, 0.2) is 24.3 Å². The van der Waals surface area contributed by atoms with E-state index in [-0.39, 0.29) is 11.8 Å². The van der Waals surface area contributed by atoms with Gasteiger partial charge in [-0.25, -0.2) is 4.79 Å². The van der Waals surface area contributed by atoms with Gasteiger partial charge in [0.25, 0.3) is 0 Å². The Morgan fingerprint density at radius 2 is 1.78 bits per heavy atom. The summed E-state index contributed by atoms with van der Waals surface area (Å²) in [6.45, 7) is 9.92. The quantitative estimate of drug-likeness (QED) is 0.750. The number of nitrogens with zero attached hydrogens (tertiary/aromatic N) is 1. The summed E-state index contributed by atoms with van der Waals surface area (Å²) in [5.41, 5.74) is 0.517. The zero-order valence-corrected chi connectivity index (χ0v) is 17.7. The maximum atomic E-state index is 12.9. The maximum absolute atomic E-state index is 12.9. The summed E-state index contributed by atoms with van der Waals surface area (Å²) >= 11 is 0. The summed E-state index contributed by atoms with van der Waals surface area (Å²) in [7, 11) is 3.40. The van der Waals surface area contributed by atoms with Gasteiger partial charge in [-0.15, -0.1) is 0 Å². The molecular weight excluding hydrogens is 344 g/mol. The molecule has 0 aromatic heterocycles. The third-order valence-corrected chi connectivity index (χ3v) is 4.42. The van der Waals surface area contributed by atoms with Crippen molar-refractivity contribution in [2.45, 2.75) is 59.1 Å². The van der Waals surface area contributed by atoms with Crippen molar-refractivity contribution >= 4 is 12.0 Å². The van der Waals surface area contributed by atoms with Crippen LogP contribution in [0.5, 0.6) is 5.75 Å². The summed E-state index contributed by atoms with van der Waals surface area (Å²) in [6, 6.07) is 7.18. The number of hydrogen-bond acceptors (Lipinski definition) is 4. The van der Waals surface area contributed by atoms with Crippen LogP contribution in [0.3, 0.4) is 0 Å². The molecule has 2 amide bonds. The molecule has 27 heavy (non-hydrogen) atoms. The molecule has 152 valence electrons. The van der Waals surface area contributed by atoms with Crippen molar-refractivity contribution in [3.63, 3.8) is 0 Å². The molecule has 2 unspecified atom stereocenters. The lowest BCUT2D eigenvalue weighted by Crippen LogP contribution is -2.52. The van der Waals surface area contributed by atoms with Gasteiger partial charge in [-0.1, -0.05) is 32.4 Å². The van der Waals surface area contributed by atoms with E-state index in [0.717, 1.165) is 24.2 Å². The van der Waals surface area contributed by atoms with Crippen LogP contribution < -0.4 is 10.1 Å². The highest BCUT2D eigenvalue weighted by atomic mass is 16.6. The Hall–Kier alpha value is -2.24. The molecule has 0 radical (unpaired) electrons. The summed E-state index contributed by atoms with van der Waals surface area (Å²) in [6.07, 6.45) is 0.939. The number of hydrogen-bond donors (Lipinski definition) is 1. The fraction of sp³-hybridized carbons (Fsp3) is 0.619. The molecule has 1 N–H and O–H groups in total. The van der Waals surface area contributed by atoms with Crippen molar-refractivity contribution < 1.29 is 19.1 Å². The number of methoxy groups -OCH3 is 1. The Morgan fingerprint density at radius 3 is 2.26 bits per heavy atom. The van der Waals surface area contributed by atoms with Gasteiger partial charge >= 0.3 is 6.09 Å². The number of likely N-dealkylation sites (N-methyl/N-ethyl adjacent to an activating group) is 1. The van der Waals surface area contributed by atoms with E-state index in [1.807, 2.05) is 38.1 Å². The van der Waals surface area contributed by atoms with Crippen molar-refractivity contribution in [2.24, 2.45) is 5.92 Å². The van der Waals surface area contributed by atoms with E-state index >= 15 is 0 Å². The van der Waals surface area contributed by atoms with Gasteiger partial charge in [-0.3, -0.25) is 4.79 Å². The number of nitrogens with one attached hydrogen (secondary N) is 1. The fourth-order valence-corrected chi connectivity index (χ4v) is 2.55. The van der Waals surface area contributed by atoms with Gasteiger partial charge in [-0.05, 0) is 50.8 Å². The lowest BCUT2D eigenvalue weighted by molar-refractivity contribution is -0.133. The molecule has 6 nitrogen and oxygen atoms in total. The third-order valence-electron chi connectivity index (χ3n) is 4.42. The largest absolute Gasteiger partial charge is 0.497 e. The van der Waals surface area contributed by atoms with Crippen molar-refractivity contribution in [3.8, 4) is 5.75 Å². The van der Waals surface area contributed by atoms with Crippen molar-refractivity contribution in [1.29, 1.82) is 0 Å². The Morgan fingerprint density at radius 1 is 1.19 bits per heavy atom. The molecule has 1 rings (SSSR count). The molecule has 0 aliphatic rings. The van der Waals surface area contributed by atoms with Crippen LogP contribution in [-0.2, 0) is 16.0 Å². The van der Waals surface area contributed by atoms with Crippen LogP contribution >= 0.6 is 0 Å². The van der Waals surface area contributed by atoms with Crippen LogP contribution in [-0.4, -0.2) is 49.2 Å². The minimum absolute atomic E-state index is 0.00783. The Bertz CT molecular complexity index is 608. The standard InChI is InChI=1S/C21H34N2O4/c1-8-15(2)18(22-20(25)27-21(3,4)5)19(24)23(6)14-13-16-9-11-17(26-7)12-10-16/h9-12,15,18H,8,13-14H2,1-7H3,(H,22,25). The molecule has 0 aliphatic carbocycles. The highest BCUT2D eigenvalue weighted by Gasteiger charge is 2.30. The number of carbonyl (C=O) groups excluding carboxylic acids is 2. The van der Waals surface area contributed by atoms with Gasteiger partial charge in [0.2, 0.25) is 5.91 Å². The topological polar surface area (TPSA) is 67.9 Å². The number of amides is 2. The van der Waals surface area contributed by atoms with Crippen molar-refractivity contribution in [2.75, 3.05) is 20.7 Å². The van der Waals surface area contributed by atoms with E-state index in [0.29, 0.717) is 6.54 Å². The van der Waals surface area contributed by atoms with E-state index in [2.05, 4.69) is 5.32 Å². The van der Waals surface area contributed by atoms with Crippen molar-refractivity contribution in [1.82, 2.24) is 10.2 Å². The van der Waals surface area contributed by atoms with Gasteiger partial charge in [0.05, 0.1) is 7.11 Å². The fourth-order valence-electron chi connectivity index (χ4n) is 2.55. The molecule has 0 fully saturated rings. The zero-order valence-electron chi connectivity index (χ0n) is 17.7. The van der Waals surface area contributed by atoms with Gasteiger partial charge in [0, 0.05) is 13.6 Å². The van der Waals surface area contributed by atoms with Gasteiger partial charge in [-0.2, -0.15) is 0 Å². The first-order valence-electron chi connectivity index (χ1n) is 9.44. The summed E-state index contributed by atoms with van der Waals surface area (Å²) in [4.78, 5) is 26.7. The predicted molar refractivity (Wildman–Crippen MR) is 107 cm³/mol. The minimum atomic E-state index is -0.606. The van der Waals surface area contributed by atoms with Gasteiger partial charge in [0.1, 0.15) is 17.4 Å². The first kappa shape index (κ1) is 22.8. The van der Waals surface area contributed by atoms with E-state index in [4.69, 9.17) is 9.47 Å². The second-order valence-electron chi connectivity index (χ2n) is 7.87. The highest BCUT2D eigenvalue weighted by molar-refractivity contribution is 5.85. The lowest BCUT2D eigenvalue weighted by Gasteiger charge is -2.29. The molecule has 0 aliphatic heterocycles. The molecule has 1 aromatic rings. The first-order chi connectivity index (χ1) is 12.6. The lowest BCUT2D eigenvalue weighted by atomic mass is 9.98. The minimum Gasteiger partial charge on any atom is -0.497 e. The van der Waals surface area contributed by atoms with Crippen LogP contribution in [0.4, 0.5) is 4.79 Å². The molecule has 0 saturated heterocycles. The van der Waals surface area contributed by atoms with Crippen molar-refractivity contribution in [3.05, 3.63) is 29.8 Å². The predicted octanol–water partition coefficient (Wildman–Crippen LogP) is 3.64. The molecule has 0 bridgehead atoms. The number of rotatable bonds is 8. The molecule has 2 atom stereocenters. The van der Waals surface area contributed by atoms with E-state index in [1.54, 1.807) is 39.8 Å². The van der Waals surface area contributed by atoms with E-state index < -0.39 is 17.7 Å². The molecule has 0 heterocycles. The molecule has 1 aromatic carbocycles. The molecular formula is C21H34N2O4. The Kier molecular flexibility index (Phi) is 8.60. The van der Waals surface area contributed by atoms with Crippen LogP contribution in [0, 0.1) is 5.92 Å². The smallest absolute Gasteiger partial charge is 0.408 e. The van der Waals surface area contributed by atoms with E-state index in [9.17, 15) is 9.59 Å². The Balaban J connectivity index is 2.71. The molecule has 0 spiro atoms. The average Bonchev–Trinajstić information content (AvgIpc) is 2.61. The van der Waals surface area contributed by atoms with Gasteiger partial charge < -0.3 is 19.7 Å². The summed E-state index contributed by atoms with van der Waals surface area (Å²) in [5.74, 6) is 0.707. The maximum Gasteiger partial charge on any atom is 0.408 e. The third kappa shape index (κ3) is 7.89. The summed E-state index contributed by atoms with van der Waals surface area (Å²) < 4.78 is 10.5. The molecule has 0 saturated carbocycles.